The molecule has 9 heteroatoms. The van der Waals surface area contributed by atoms with Gasteiger partial charge >= 0.3 is 11.6 Å². The fourth-order valence-electron chi connectivity index (χ4n) is 3.65. The smallest absolute Gasteiger partial charge is 0.336 e. The maximum Gasteiger partial charge on any atom is 0.336 e. The molecule has 1 fully saturated rings. The van der Waals surface area contributed by atoms with Crippen molar-refractivity contribution in [3.63, 3.8) is 0 Å². The summed E-state index contributed by atoms with van der Waals surface area (Å²) in [5, 5.41) is 42.8. The molecule has 3 rings (SSSR count). The normalized spacial score (nSPS) is 37.4. The third-order valence-electron chi connectivity index (χ3n) is 6.13. The summed E-state index contributed by atoms with van der Waals surface area (Å²) < 4.78 is 16.4. The molecule has 0 unspecified atom stereocenters. The SMILES string of the molecule is Cc1cc(=O)oc2cc(O[C@]3(C)O[C@H](C(=O)O)[C@@](C)(O)[C@@](C)(O)[C@]3(C)O)ccc12. The van der Waals surface area contributed by atoms with Crippen molar-refractivity contribution in [1.29, 1.82) is 0 Å². The topological polar surface area (TPSA) is 147 Å². The van der Waals surface area contributed by atoms with Gasteiger partial charge in [-0.3, -0.25) is 0 Å². The first-order chi connectivity index (χ1) is 13.1. The lowest BCUT2D eigenvalue weighted by Gasteiger charge is -2.60. The van der Waals surface area contributed by atoms with Crippen LogP contribution in [0.3, 0.4) is 0 Å². The standard InChI is InChI=1S/C20H24O9/c1-10-8-14(21)27-13-9-11(6-7-12(10)13)28-20(5)19(4,26)18(3,25)17(2,24)15(29-20)16(22)23/h6-9,15,24-26H,1-5H3,(H,22,23)/t15-,17-,18-,19+,20-/m1/s1. The molecule has 0 bridgehead atoms. The Kier molecular flexibility index (Phi) is 4.59. The Bertz CT molecular complexity index is 1030. The summed E-state index contributed by atoms with van der Waals surface area (Å²) in [5.74, 6) is -3.53. The number of aryl methyl sites for hydroxylation is 1. The van der Waals surface area contributed by atoms with E-state index in [1.807, 2.05) is 0 Å². The van der Waals surface area contributed by atoms with Crippen molar-refractivity contribution in [3.8, 4) is 5.75 Å². The lowest BCUT2D eigenvalue weighted by molar-refractivity contribution is -0.407. The number of hydrogen-bond donors (Lipinski definition) is 4. The van der Waals surface area contributed by atoms with Crippen LogP contribution < -0.4 is 10.4 Å². The van der Waals surface area contributed by atoms with E-state index in [0.717, 1.165) is 13.8 Å². The molecule has 158 valence electrons. The van der Waals surface area contributed by atoms with Gasteiger partial charge in [0.05, 0.1) is 0 Å². The molecular formula is C20H24O9. The van der Waals surface area contributed by atoms with Gasteiger partial charge in [0.15, 0.2) is 11.7 Å². The number of carbonyl (C=O) groups is 1. The third-order valence-corrected chi connectivity index (χ3v) is 6.13. The van der Waals surface area contributed by atoms with Crippen LogP contribution in [0, 0.1) is 6.92 Å². The van der Waals surface area contributed by atoms with Crippen LogP contribution in [-0.4, -0.2) is 55.1 Å². The van der Waals surface area contributed by atoms with Gasteiger partial charge in [-0.05, 0) is 45.4 Å². The molecule has 29 heavy (non-hydrogen) atoms. The van der Waals surface area contributed by atoms with Gasteiger partial charge in [-0.2, -0.15) is 0 Å². The minimum absolute atomic E-state index is 0.0931. The molecule has 1 aromatic carbocycles. The highest BCUT2D eigenvalue weighted by molar-refractivity contribution is 5.81. The average Bonchev–Trinajstić information content (AvgIpc) is 2.57. The van der Waals surface area contributed by atoms with E-state index >= 15 is 0 Å². The molecular weight excluding hydrogens is 384 g/mol. The van der Waals surface area contributed by atoms with Crippen LogP contribution in [0.4, 0.5) is 0 Å². The van der Waals surface area contributed by atoms with Gasteiger partial charge in [0.1, 0.15) is 22.5 Å². The summed E-state index contributed by atoms with van der Waals surface area (Å²) in [4.78, 5) is 23.3. The number of carboxylic acids is 1. The Morgan fingerprint density at radius 3 is 2.28 bits per heavy atom. The van der Waals surface area contributed by atoms with Gasteiger partial charge in [-0.15, -0.1) is 0 Å². The highest BCUT2D eigenvalue weighted by Crippen LogP contribution is 2.49. The van der Waals surface area contributed by atoms with Crippen molar-refractivity contribution in [2.45, 2.75) is 63.3 Å². The molecule has 1 aromatic heterocycles. The largest absolute Gasteiger partial charge is 0.479 e. The molecule has 0 radical (unpaired) electrons. The van der Waals surface area contributed by atoms with E-state index in [1.165, 1.54) is 32.0 Å². The Morgan fingerprint density at radius 2 is 1.69 bits per heavy atom. The van der Waals surface area contributed by atoms with Gasteiger partial charge in [0.2, 0.25) is 5.79 Å². The predicted molar refractivity (Wildman–Crippen MR) is 101 cm³/mol. The maximum absolute atomic E-state index is 11.7. The zero-order valence-corrected chi connectivity index (χ0v) is 16.7. The number of rotatable bonds is 3. The van der Waals surface area contributed by atoms with E-state index < -0.39 is 40.3 Å². The highest BCUT2D eigenvalue weighted by Gasteiger charge is 2.73. The van der Waals surface area contributed by atoms with Crippen molar-refractivity contribution in [2.75, 3.05) is 0 Å². The number of aliphatic hydroxyl groups is 3. The zero-order chi connectivity index (χ0) is 22.0. The van der Waals surface area contributed by atoms with Gasteiger partial charge in [0.25, 0.3) is 0 Å². The van der Waals surface area contributed by atoms with E-state index in [4.69, 9.17) is 13.9 Å². The first-order valence-electron chi connectivity index (χ1n) is 8.95. The van der Waals surface area contributed by atoms with Crippen LogP contribution in [0.5, 0.6) is 5.75 Å². The fourth-order valence-corrected chi connectivity index (χ4v) is 3.65. The predicted octanol–water partition coefficient (Wildman–Crippen LogP) is 0.933. The number of carboxylic acid groups (broad SMARTS) is 1. The first kappa shape index (κ1) is 21.3. The fraction of sp³-hybridized carbons (Fsp3) is 0.500. The number of ether oxygens (including phenoxy) is 2. The van der Waals surface area contributed by atoms with Crippen LogP contribution in [0.15, 0.2) is 33.5 Å². The second-order valence-electron chi connectivity index (χ2n) is 8.08. The van der Waals surface area contributed by atoms with Crippen molar-refractivity contribution in [2.24, 2.45) is 0 Å². The van der Waals surface area contributed by atoms with E-state index in [1.54, 1.807) is 13.0 Å². The lowest BCUT2D eigenvalue weighted by Crippen LogP contribution is -2.82. The van der Waals surface area contributed by atoms with Crippen LogP contribution >= 0.6 is 0 Å². The molecule has 2 aromatic rings. The Morgan fingerprint density at radius 1 is 1.07 bits per heavy atom. The van der Waals surface area contributed by atoms with E-state index in [0.29, 0.717) is 10.9 Å². The summed E-state index contributed by atoms with van der Waals surface area (Å²) in [6.45, 7) is 6.34. The number of benzene rings is 1. The molecule has 0 saturated carbocycles. The van der Waals surface area contributed by atoms with Gasteiger partial charge < -0.3 is 34.3 Å². The average molecular weight is 408 g/mol. The first-order valence-corrected chi connectivity index (χ1v) is 8.95. The Labute approximate surface area is 166 Å². The third kappa shape index (κ3) is 2.93. The van der Waals surface area contributed by atoms with E-state index in [9.17, 15) is 30.0 Å². The van der Waals surface area contributed by atoms with Crippen LogP contribution in [-0.2, 0) is 9.53 Å². The summed E-state index contributed by atoms with van der Waals surface area (Å²) in [5.41, 5.74) is -6.56. The van der Waals surface area contributed by atoms with Gasteiger partial charge in [-0.1, -0.05) is 0 Å². The molecule has 5 atom stereocenters. The molecule has 4 N–H and O–H groups in total. The Hall–Kier alpha value is -2.46. The monoisotopic (exact) mass is 408 g/mol. The van der Waals surface area contributed by atoms with Crippen molar-refractivity contribution in [3.05, 3.63) is 40.2 Å². The lowest BCUT2D eigenvalue weighted by atomic mass is 9.65. The minimum Gasteiger partial charge on any atom is -0.479 e. The van der Waals surface area contributed by atoms with E-state index in [-0.39, 0.29) is 11.3 Å². The van der Waals surface area contributed by atoms with Gasteiger partial charge in [0, 0.05) is 24.4 Å². The summed E-state index contributed by atoms with van der Waals surface area (Å²) >= 11 is 0. The Balaban J connectivity index is 2.10. The van der Waals surface area contributed by atoms with Crippen LogP contribution in [0.25, 0.3) is 11.0 Å². The summed E-state index contributed by atoms with van der Waals surface area (Å²) in [6.07, 6.45) is -1.90. The van der Waals surface area contributed by atoms with Crippen molar-refractivity contribution < 1.29 is 39.1 Å². The molecule has 2 heterocycles. The highest BCUT2D eigenvalue weighted by atomic mass is 16.7. The van der Waals surface area contributed by atoms with Crippen LogP contribution in [0.1, 0.15) is 33.3 Å². The molecule has 0 amide bonds. The van der Waals surface area contributed by atoms with Crippen molar-refractivity contribution >= 4 is 16.9 Å². The second-order valence-corrected chi connectivity index (χ2v) is 8.08. The molecule has 9 nitrogen and oxygen atoms in total. The molecule has 1 aliphatic heterocycles. The summed E-state index contributed by atoms with van der Waals surface area (Å²) in [6, 6.07) is 5.89. The van der Waals surface area contributed by atoms with Crippen LogP contribution in [0.2, 0.25) is 0 Å². The minimum atomic E-state index is -2.34. The molecule has 1 saturated heterocycles. The molecule has 0 spiro atoms. The number of fused-ring (bicyclic) bond motifs is 1. The van der Waals surface area contributed by atoms with Crippen molar-refractivity contribution in [1.82, 2.24) is 0 Å². The molecule has 0 aliphatic carbocycles. The maximum atomic E-state index is 11.7. The van der Waals surface area contributed by atoms with Gasteiger partial charge in [-0.25, -0.2) is 9.59 Å². The van der Waals surface area contributed by atoms with E-state index in [2.05, 4.69) is 0 Å². The second kappa shape index (κ2) is 6.27. The number of hydrogen-bond acceptors (Lipinski definition) is 8. The quantitative estimate of drug-likeness (QED) is 0.545. The zero-order valence-electron chi connectivity index (χ0n) is 16.7. The number of aliphatic carboxylic acids is 1. The molecule has 1 aliphatic rings. The summed E-state index contributed by atoms with van der Waals surface area (Å²) in [7, 11) is 0.